The molecule has 0 amide bonds. The molecule has 0 bridgehead atoms. The van der Waals surface area contributed by atoms with E-state index in [1.54, 1.807) is 23.5 Å². The molecule has 0 unspecified atom stereocenters. The molecule has 0 aliphatic rings. The number of hydrogen-bond donors (Lipinski definition) is 1. The summed E-state index contributed by atoms with van der Waals surface area (Å²) in [6.45, 7) is 0. The summed E-state index contributed by atoms with van der Waals surface area (Å²) >= 11 is 7.56. The molecule has 1 aromatic heterocycles. The van der Waals surface area contributed by atoms with Gasteiger partial charge in [0.05, 0.1) is 0 Å². The second-order valence-corrected chi connectivity index (χ2v) is 5.18. The third-order valence-electron chi connectivity index (χ3n) is 2.71. The van der Waals surface area contributed by atoms with Crippen LogP contribution in [-0.4, -0.2) is 5.11 Å². The molecular weight excluding hydrogens is 252 g/mol. The van der Waals surface area contributed by atoms with E-state index < -0.39 is 0 Å². The average molecular weight is 261 g/mol. The van der Waals surface area contributed by atoms with Gasteiger partial charge >= 0.3 is 0 Å². The van der Waals surface area contributed by atoms with Gasteiger partial charge in [-0.3, -0.25) is 0 Å². The van der Waals surface area contributed by atoms with Gasteiger partial charge in [-0.2, -0.15) is 0 Å². The Kier molecular flexibility index (Phi) is 2.54. The smallest absolute Gasteiger partial charge is 0.116 e. The van der Waals surface area contributed by atoms with E-state index in [0.29, 0.717) is 5.75 Å². The van der Waals surface area contributed by atoms with Gasteiger partial charge in [-0.05, 0) is 41.3 Å². The fourth-order valence-corrected chi connectivity index (χ4v) is 2.95. The minimum Gasteiger partial charge on any atom is -0.508 e. The van der Waals surface area contributed by atoms with E-state index in [1.165, 1.54) is 4.70 Å². The van der Waals surface area contributed by atoms with Crippen LogP contribution in [0.25, 0.3) is 21.2 Å². The van der Waals surface area contributed by atoms with Crippen LogP contribution < -0.4 is 0 Å². The van der Waals surface area contributed by atoms with Gasteiger partial charge in [0.15, 0.2) is 0 Å². The van der Waals surface area contributed by atoms with Crippen molar-refractivity contribution in [1.82, 2.24) is 0 Å². The first kappa shape index (κ1) is 10.6. The maximum atomic E-state index is 9.55. The molecule has 0 fully saturated rings. The Morgan fingerprint density at radius 3 is 2.53 bits per heavy atom. The number of phenols is 1. The van der Waals surface area contributed by atoms with Gasteiger partial charge in [-0.25, -0.2) is 0 Å². The van der Waals surface area contributed by atoms with Crippen LogP contribution in [-0.2, 0) is 0 Å². The topological polar surface area (TPSA) is 20.2 Å². The van der Waals surface area contributed by atoms with E-state index in [9.17, 15) is 5.11 Å². The van der Waals surface area contributed by atoms with Crippen LogP contribution in [0.15, 0.2) is 47.8 Å². The number of aromatic hydroxyl groups is 1. The summed E-state index contributed by atoms with van der Waals surface area (Å²) in [5, 5.41) is 13.5. The summed E-state index contributed by atoms with van der Waals surface area (Å²) in [6, 6.07) is 13.2. The molecule has 0 aliphatic carbocycles. The monoisotopic (exact) mass is 260 g/mol. The second-order valence-electron chi connectivity index (χ2n) is 3.84. The zero-order valence-corrected chi connectivity index (χ0v) is 10.4. The lowest BCUT2D eigenvalue weighted by Crippen LogP contribution is -1.75. The van der Waals surface area contributed by atoms with Gasteiger partial charge < -0.3 is 5.11 Å². The summed E-state index contributed by atoms with van der Waals surface area (Å²) in [7, 11) is 0. The van der Waals surface area contributed by atoms with Gasteiger partial charge in [0.1, 0.15) is 5.75 Å². The van der Waals surface area contributed by atoms with Crippen molar-refractivity contribution in [2.75, 3.05) is 0 Å². The number of halogens is 1. The lowest BCUT2D eigenvalue weighted by molar-refractivity contribution is 0.476. The Labute approximate surface area is 108 Å². The summed E-state index contributed by atoms with van der Waals surface area (Å²) in [5.74, 6) is 0.297. The Morgan fingerprint density at radius 2 is 1.76 bits per heavy atom. The standard InChI is InChI=1S/C14H9ClOS/c15-10-3-1-9(2-4-10)13-8-17-14-6-5-11(16)7-12(13)14/h1-8,16H. The minimum atomic E-state index is 0.297. The first-order chi connectivity index (χ1) is 8.24. The average Bonchev–Trinajstić information content (AvgIpc) is 2.73. The maximum absolute atomic E-state index is 9.55. The molecule has 0 aliphatic heterocycles. The van der Waals surface area contributed by atoms with Crippen LogP contribution >= 0.6 is 22.9 Å². The Hall–Kier alpha value is -1.51. The highest BCUT2D eigenvalue weighted by Gasteiger charge is 2.06. The van der Waals surface area contributed by atoms with Crippen molar-refractivity contribution in [3.8, 4) is 16.9 Å². The van der Waals surface area contributed by atoms with Crippen LogP contribution in [0, 0.1) is 0 Å². The third-order valence-corrected chi connectivity index (χ3v) is 3.93. The molecule has 1 heterocycles. The summed E-state index contributed by atoms with van der Waals surface area (Å²) < 4.78 is 1.17. The third kappa shape index (κ3) is 1.90. The van der Waals surface area contributed by atoms with Crippen molar-refractivity contribution >= 4 is 33.0 Å². The number of phenolic OH excluding ortho intramolecular Hbond substituents is 1. The van der Waals surface area contributed by atoms with E-state index in [4.69, 9.17) is 11.6 Å². The van der Waals surface area contributed by atoms with Gasteiger partial charge in [-0.15, -0.1) is 11.3 Å². The first-order valence-electron chi connectivity index (χ1n) is 5.20. The van der Waals surface area contributed by atoms with Crippen LogP contribution in [0.5, 0.6) is 5.75 Å². The Bertz CT molecular complexity index is 670. The number of hydrogen-bond acceptors (Lipinski definition) is 2. The molecule has 3 heteroatoms. The quantitative estimate of drug-likeness (QED) is 0.658. The molecular formula is C14H9ClOS. The van der Waals surface area contributed by atoms with Crippen LogP contribution in [0.3, 0.4) is 0 Å². The van der Waals surface area contributed by atoms with Crippen molar-refractivity contribution in [1.29, 1.82) is 0 Å². The van der Waals surface area contributed by atoms with Crippen molar-refractivity contribution < 1.29 is 5.11 Å². The zero-order chi connectivity index (χ0) is 11.8. The van der Waals surface area contributed by atoms with Crippen molar-refractivity contribution in [2.24, 2.45) is 0 Å². The van der Waals surface area contributed by atoms with E-state index in [-0.39, 0.29) is 0 Å². The molecule has 0 saturated carbocycles. The van der Waals surface area contributed by atoms with E-state index >= 15 is 0 Å². The molecule has 2 aromatic carbocycles. The number of fused-ring (bicyclic) bond motifs is 1. The van der Waals surface area contributed by atoms with Crippen LogP contribution in [0.2, 0.25) is 5.02 Å². The predicted molar refractivity (Wildman–Crippen MR) is 73.9 cm³/mol. The SMILES string of the molecule is Oc1ccc2scc(-c3ccc(Cl)cc3)c2c1. The lowest BCUT2D eigenvalue weighted by Gasteiger charge is -2.00. The summed E-state index contributed by atoms with van der Waals surface area (Å²) in [4.78, 5) is 0. The fraction of sp³-hybridized carbons (Fsp3) is 0. The molecule has 0 saturated heterocycles. The van der Waals surface area contributed by atoms with Gasteiger partial charge in [-0.1, -0.05) is 23.7 Å². The predicted octanol–water partition coefficient (Wildman–Crippen LogP) is 4.93. The largest absolute Gasteiger partial charge is 0.508 e. The van der Waals surface area contributed by atoms with Crippen LogP contribution in [0.4, 0.5) is 0 Å². The van der Waals surface area contributed by atoms with E-state index in [2.05, 4.69) is 5.38 Å². The Balaban J connectivity index is 2.23. The lowest BCUT2D eigenvalue weighted by atomic mass is 10.0. The first-order valence-corrected chi connectivity index (χ1v) is 6.46. The van der Waals surface area contributed by atoms with E-state index in [0.717, 1.165) is 21.5 Å². The number of thiophene rings is 1. The highest BCUT2D eigenvalue weighted by molar-refractivity contribution is 7.17. The van der Waals surface area contributed by atoms with Gasteiger partial charge in [0.2, 0.25) is 0 Å². The molecule has 3 rings (SSSR count). The fourth-order valence-electron chi connectivity index (χ4n) is 1.87. The molecule has 0 spiro atoms. The van der Waals surface area contributed by atoms with Crippen molar-refractivity contribution in [3.05, 3.63) is 52.9 Å². The summed E-state index contributed by atoms with van der Waals surface area (Å²) in [6.07, 6.45) is 0. The molecule has 1 N–H and O–H groups in total. The van der Waals surface area contributed by atoms with Gasteiger partial charge in [0, 0.05) is 20.7 Å². The molecule has 0 radical (unpaired) electrons. The zero-order valence-electron chi connectivity index (χ0n) is 8.85. The van der Waals surface area contributed by atoms with Crippen LogP contribution in [0.1, 0.15) is 0 Å². The maximum Gasteiger partial charge on any atom is 0.116 e. The number of benzene rings is 2. The number of rotatable bonds is 1. The summed E-state index contributed by atoms with van der Waals surface area (Å²) in [5.41, 5.74) is 2.25. The van der Waals surface area contributed by atoms with Crippen molar-refractivity contribution in [2.45, 2.75) is 0 Å². The molecule has 0 atom stereocenters. The van der Waals surface area contributed by atoms with E-state index in [1.807, 2.05) is 30.3 Å². The highest BCUT2D eigenvalue weighted by Crippen LogP contribution is 2.36. The van der Waals surface area contributed by atoms with Gasteiger partial charge in [0.25, 0.3) is 0 Å². The normalized spacial score (nSPS) is 10.9. The molecule has 3 aromatic rings. The molecule has 84 valence electrons. The molecule has 1 nitrogen and oxygen atoms in total. The van der Waals surface area contributed by atoms with Crippen molar-refractivity contribution in [3.63, 3.8) is 0 Å². The Morgan fingerprint density at radius 1 is 1.00 bits per heavy atom. The molecule has 17 heavy (non-hydrogen) atoms. The minimum absolute atomic E-state index is 0.297. The second kappa shape index (κ2) is 4.06. The highest BCUT2D eigenvalue weighted by atomic mass is 35.5.